The monoisotopic (exact) mass is 272 g/mol. The highest BCUT2D eigenvalue weighted by Crippen LogP contribution is 2.22. The van der Waals surface area contributed by atoms with Crippen LogP contribution in [0.1, 0.15) is 19.8 Å². The number of carbonyl (C=O) groups is 1. The van der Waals surface area contributed by atoms with Gasteiger partial charge in [0.05, 0.1) is 6.54 Å². The lowest BCUT2D eigenvalue weighted by Gasteiger charge is -2.23. The van der Waals surface area contributed by atoms with Gasteiger partial charge in [0.15, 0.2) is 23.3 Å². The first-order chi connectivity index (χ1) is 8.99. The zero-order valence-electron chi connectivity index (χ0n) is 11.0. The quantitative estimate of drug-likeness (QED) is 0.789. The fourth-order valence-electron chi connectivity index (χ4n) is 1.65. The molecular weight excluding hydrogens is 254 g/mol. The van der Waals surface area contributed by atoms with Crippen molar-refractivity contribution in [2.24, 2.45) is 5.73 Å². The summed E-state index contributed by atoms with van der Waals surface area (Å²) in [5.41, 5.74) is 5.13. The van der Waals surface area contributed by atoms with Gasteiger partial charge in [0.1, 0.15) is 0 Å². The fourth-order valence-corrected chi connectivity index (χ4v) is 1.65. The molecule has 1 rings (SSSR count). The van der Waals surface area contributed by atoms with E-state index in [2.05, 4.69) is 10.3 Å². The number of unbranched alkanes of at least 4 members (excludes halogenated alkanes) is 1. The lowest BCUT2D eigenvalue weighted by Crippen LogP contribution is -2.35. The number of nitrogens with one attached hydrogen (secondary N) is 1. The average Bonchev–Trinajstić information content (AvgIpc) is 2.34. The van der Waals surface area contributed by atoms with Crippen LogP contribution in [0.2, 0.25) is 0 Å². The van der Waals surface area contributed by atoms with Gasteiger partial charge in [0.25, 0.3) is 0 Å². The van der Waals surface area contributed by atoms with Gasteiger partial charge in [-0.1, -0.05) is 13.3 Å². The highest BCUT2D eigenvalue weighted by Gasteiger charge is 2.18. The van der Waals surface area contributed by atoms with Gasteiger partial charge in [0, 0.05) is 19.7 Å². The zero-order chi connectivity index (χ0) is 14.4. The predicted octanol–water partition coefficient (Wildman–Crippen LogP) is 1.49. The van der Waals surface area contributed by atoms with Gasteiger partial charge < -0.3 is 16.0 Å². The second-order valence-corrected chi connectivity index (χ2v) is 4.12. The van der Waals surface area contributed by atoms with E-state index in [1.165, 1.54) is 11.9 Å². The topological polar surface area (TPSA) is 71.2 Å². The lowest BCUT2D eigenvalue weighted by atomic mass is 10.3. The first-order valence-corrected chi connectivity index (χ1v) is 6.06. The number of nitrogens with two attached hydrogens (primary N) is 1. The Hall–Kier alpha value is -1.92. The summed E-state index contributed by atoms with van der Waals surface area (Å²) in [7, 11) is 1.48. The van der Waals surface area contributed by atoms with Crippen LogP contribution in [0.4, 0.5) is 20.4 Å². The molecule has 1 aromatic heterocycles. The minimum absolute atomic E-state index is 0.0673. The first-order valence-electron chi connectivity index (χ1n) is 6.06. The summed E-state index contributed by atoms with van der Waals surface area (Å²) in [6.45, 7) is 2.24. The number of halogens is 2. The second-order valence-electron chi connectivity index (χ2n) is 4.12. The van der Waals surface area contributed by atoms with Crippen molar-refractivity contribution in [1.82, 2.24) is 4.98 Å². The standard InChI is InChI=1S/C12H18F2N4O/c1-3-4-5-18(7-10(15)19)12-9(14)6-8(13)11(16-2)17-12/h6H,3-5,7H2,1-2H3,(H2,15,19)(H,16,17). The van der Waals surface area contributed by atoms with Crippen molar-refractivity contribution < 1.29 is 13.6 Å². The van der Waals surface area contributed by atoms with Crippen LogP contribution in [0.15, 0.2) is 6.07 Å². The van der Waals surface area contributed by atoms with E-state index >= 15 is 0 Å². The summed E-state index contributed by atoms with van der Waals surface area (Å²) < 4.78 is 27.1. The van der Waals surface area contributed by atoms with Gasteiger partial charge in [0.2, 0.25) is 5.91 Å². The molecular formula is C12H18F2N4O. The minimum atomic E-state index is -0.811. The Bertz CT molecular complexity index is 454. The SMILES string of the molecule is CCCCN(CC(N)=O)c1nc(NC)c(F)cc1F. The molecule has 0 saturated heterocycles. The Morgan fingerprint density at radius 2 is 2.16 bits per heavy atom. The molecule has 0 atom stereocenters. The highest BCUT2D eigenvalue weighted by atomic mass is 19.1. The number of aromatic nitrogens is 1. The van der Waals surface area contributed by atoms with Crippen molar-refractivity contribution in [3.8, 4) is 0 Å². The van der Waals surface area contributed by atoms with E-state index in [9.17, 15) is 13.6 Å². The van der Waals surface area contributed by atoms with Crippen LogP contribution in [-0.2, 0) is 4.79 Å². The smallest absolute Gasteiger partial charge is 0.237 e. The summed E-state index contributed by atoms with van der Waals surface area (Å²) in [5, 5.41) is 2.53. The molecule has 5 nitrogen and oxygen atoms in total. The van der Waals surface area contributed by atoms with Gasteiger partial charge in [-0.15, -0.1) is 0 Å². The molecule has 1 heterocycles. The van der Waals surface area contributed by atoms with E-state index in [1.807, 2.05) is 6.92 Å². The molecule has 0 bridgehead atoms. The van der Waals surface area contributed by atoms with Crippen LogP contribution in [0.25, 0.3) is 0 Å². The molecule has 0 aliphatic rings. The van der Waals surface area contributed by atoms with Crippen LogP contribution in [0, 0.1) is 11.6 Å². The Morgan fingerprint density at radius 3 is 2.68 bits per heavy atom. The third-order valence-electron chi connectivity index (χ3n) is 2.58. The van der Waals surface area contributed by atoms with Crippen molar-refractivity contribution in [1.29, 1.82) is 0 Å². The van der Waals surface area contributed by atoms with Crippen LogP contribution in [0.3, 0.4) is 0 Å². The number of anilines is 2. The largest absolute Gasteiger partial charge is 0.371 e. The molecule has 0 aromatic carbocycles. The molecule has 0 unspecified atom stereocenters. The van der Waals surface area contributed by atoms with Crippen LogP contribution in [-0.4, -0.2) is 31.0 Å². The fraction of sp³-hybridized carbons (Fsp3) is 0.500. The van der Waals surface area contributed by atoms with Gasteiger partial charge in [-0.05, 0) is 6.42 Å². The number of rotatable bonds is 7. The number of amides is 1. The van der Waals surface area contributed by atoms with E-state index in [1.54, 1.807) is 0 Å². The summed E-state index contributed by atoms with van der Waals surface area (Å²) >= 11 is 0. The highest BCUT2D eigenvalue weighted by molar-refractivity contribution is 5.79. The zero-order valence-corrected chi connectivity index (χ0v) is 11.0. The predicted molar refractivity (Wildman–Crippen MR) is 70.0 cm³/mol. The molecule has 0 fully saturated rings. The van der Waals surface area contributed by atoms with Crippen LogP contribution < -0.4 is 16.0 Å². The first kappa shape index (κ1) is 15.1. The number of hydrogen-bond donors (Lipinski definition) is 2. The van der Waals surface area contributed by atoms with Gasteiger partial charge >= 0.3 is 0 Å². The van der Waals surface area contributed by atoms with E-state index in [-0.39, 0.29) is 18.2 Å². The Kier molecular flexibility index (Phi) is 5.47. The van der Waals surface area contributed by atoms with Crippen molar-refractivity contribution in [2.75, 3.05) is 30.4 Å². The third-order valence-corrected chi connectivity index (χ3v) is 2.58. The van der Waals surface area contributed by atoms with Gasteiger partial charge in [-0.3, -0.25) is 4.79 Å². The second kappa shape index (κ2) is 6.86. The van der Waals surface area contributed by atoms with Gasteiger partial charge in [-0.2, -0.15) is 0 Å². The number of hydrogen-bond acceptors (Lipinski definition) is 4. The summed E-state index contributed by atoms with van der Waals surface area (Å²) in [4.78, 5) is 16.3. The van der Waals surface area contributed by atoms with Crippen molar-refractivity contribution in [2.45, 2.75) is 19.8 Å². The Morgan fingerprint density at radius 1 is 1.47 bits per heavy atom. The maximum Gasteiger partial charge on any atom is 0.237 e. The lowest BCUT2D eigenvalue weighted by molar-refractivity contribution is -0.116. The molecule has 0 aliphatic carbocycles. The van der Waals surface area contributed by atoms with E-state index in [4.69, 9.17) is 5.73 Å². The molecule has 3 N–H and O–H groups in total. The number of primary amides is 1. The molecule has 0 radical (unpaired) electrons. The molecule has 0 spiro atoms. The molecule has 19 heavy (non-hydrogen) atoms. The van der Waals surface area contributed by atoms with E-state index in [0.717, 1.165) is 18.9 Å². The third kappa shape index (κ3) is 4.04. The number of carbonyl (C=O) groups excluding carboxylic acids is 1. The summed E-state index contributed by atoms with van der Waals surface area (Å²) in [5.74, 6) is -2.32. The van der Waals surface area contributed by atoms with E-state index < -0.39 is 17.5 Å². The normalized spacial score (nSPS) is 10.3. The molecule has 0 saturated carbocycles. The average molecular weight is 272 g/mol. The Labute approximate surface area is 110 Å². The number of pyridine rings is 1. The molecule has 1 amide bonds. The molecule has 106 valence electrons. The minimum Gasteiger partial charge on any atom is -0.371 e. The molecule has 0 aliphatic heterocycles. The van der Waals surface area contributed by atoms with Gasteiger partial charge in [-0.25, -0.2) is 13.8 Å². The maximum absolute atomic E-state index is 13.8. The molecule has 1 aromatic rings. The number of nitrogens with zero attached hydrogens (tertiary/aromatic N) is 2. The van der Waals surface area contributed by atoms with Crippen LogP contribution in [0.5, 0.6) is 0 Å². The Balaban J connectivity index is 3.09. The van der Waals surface area contributed by atoms with Crippen molar-refractivity contribution >= 4 is 17.5 Å². The van der Waals surface area contributed by atoms with Crippen molar-refractivity contribution in [3.05, 3.63) is 17.7 Å². The summed E-state index contributed by atoms with van der Waals surface area (Å²) in [6, 6.07) is 0.744. The summed E-state index contributed by atoms with van der Waals surface area (Å²) in [6.07, 6.45) is 1.62. The van der Waals surface area contributed by atoms with E-state index in [0.29, 0.717) is 6.54 Å². The molecule has 7 heteroatoms. The van der Waals surface area contributed by atoms with Crippen LogP contribution >= 0.6 is 0 Å². The maximum atomic E-state index is 13.8. The van der Waals surface area contributed by atoms with Crippen molar-refractivity contribution in [3.63, 3.8) is 0 Å².